The van der Waals surface area contributed by atoms with Gasteiger partial charge in [0.2, 0.25) is 0 Å². The summed E-state index contributed by atoms with van der Waals surface area (Å²) in [5.41, 5.74) is 0.127. The van der Waals surface area contributed by atoms with Crippen LogP contribution in [0, 0.1) is 5.82 Å². The molecule has 2 aromatic rings. The van der Waals surface area contributed by atoms with Gasteiger partial charge in [0, 0.05) is 5.39 Å². The normalized spacial score (nSPS) is 9.44. The zero-order valence-electron chi connectivity index (χ0n) is 9.20. The first-order chi connectivity index (χ1) is 7.70. The maximum Gasteiger partial charge on any atom is 0.336 e. The molecule has 0 saturated heterocycles. The Bertz CT molecular complexity index is 506. The fraction of sp³-hybridized carbons (Fsp3) is 0.154. The van der Waals surface area contributed by atoms with Crippen molar-refractivity contribution in [3.8, 4) is 0 Å². The molecule has 3 heteroatoms. The molecule has 0 unspecified atom stereocenters. The highest BCUT2D eigenvalue weighted by Crippen LogP contribution is 2.21. The van der Waals surface area contributed by atoms with E-state index in [1.54, 1.807) is 12.1 Å². The average molecular weight is 220 g/mol. The number of carboxylic acid groups (broad SMARTS) is 1. The molecule has 0 bridgehead atoms. The Morgan fingerprint density at radius 3 is 2.25 bits per heavy atom. The molecule has 0 aliphatic heterocycles. The average Bonchev–Trinajstić information content (AvgIpc) is 2.31. The summed E-state index contributed by atoms with van der Waals surface area (Å²) in [7, 11) is 0. The Kier molecular flexibility index (Phi) is 4.00. The van der Waals surface area contributed by atoms with Crippen LogP contribution in [0.2, 0.25) is 0 Å². The molecule has 0 aliphatic rings. The van der Waals surface area contributed by atoms with Gasteiger partial charge in [-0.3, -0.25) is 0 Å². The summed E-state index contributed by atoms with van der Waals surface area (Å²) < 4.78 is 13.2. The number of hydrogen-bond acceptors (Lipinski definition) is 1. The summed E-state index contributed by atoms with van der Waals surface area (Å²) in [6.45, 7) is 4.00. The summed E-state index contributed by atoms with van der Waals surface area (Å²) in [6, 6.07) is 8.98. The van der Waals surface area contributed by atoms with Crippen molar-refractivity contribution < 1.29 is 14.3 Å². The lowest BCUT2D eigenvalue weighted by Gasteiger charge is -2.02. The second-order valence-electron chi connectivity index (χ2n) is 2.95. The first-order valence-electron chi connectivity index (χ1n) is 5.10. The van der Waals surface area contributed by atoms with E-state index in [2.05, 4.69) is 0 Å². The monoisotopic (exact) mass is 220 g/mol. The van der Waals surface area contributed by atoms with E-state index in [4.69, 9.17) is 5.11 Å². The second-order valence-corrected chi connectivity index (χ2v) is 2.95. The van der Waals surface area contributed by atoms with Gasteiger partial charge in [-0.1, -0.05) is 38.1 Å². The zero-order chi connectivity index (χ0) is 12.1. The minimum atomic E-state index is -1.04. The molecule has 0 atom stereocenters. The fourth-order valence-electron chi connectivity index (χ4n) is 1.46. The number of rotatable bonds is 1. The molecule has 2 rings (SSSR count). The number of benzene rings is 2. The van der Waals surface area contributed by atoms with Gasteiger partial charge in [-0.05, 0) is 17.5 Å². The van der Waals surface area contributed by atoms with Gasteiger partial charge in [-0.25, -0.2) is 9.18 Å². The first-order valence-corrected chi connectivity index (χ1v) is 5.10. The zero-order valence-corrected chi connectivity index (χ0v) is 9.20. The molecule has 0 fully saturated rings. The van der Waals surface area contributed by atoms with Gasteiger partial charge in [0.25, 0.3) is 0 Å². The molecule has 0 aliphatic carbocycles. The van der Waals surface area contributed by atoms with E-state index in [1.165, 1.54) is 24.3 Å². The molecule has 0 aromatic heterocycles. The van der Waals surface area contributed by atoms with Crippen LogP contribution < -0.4 is 0 Å². The second kappa shape index (κ2) is 5.26. The van der Waals surface area contributed by atoms with Crippen LogP contribution in [0.3, 0.4) is 0 Å². The molecule has 2 aromatic carbocycles. The summed E-state index contributed by atoms with van der Waals surface area (Å²) in [5.74, 6) is -1.44. The lowest BCUT2D eigenvalue weighted by Crippen LogP contribution is -1.97. The topological polar surface area (TPSA) is 37.3 Å². The van der Waals surface area contributed by atoms with Crippen molar-refractivity contribution in [2.24, 2.45) is 0 Å². The molecule has 2 nitrogen and oxygen atoms in total. The van der Waals surface area contributed by atoms with E-state index in [0.29, 0.717) is 10.8 Å². The van der Waals surface area contributed by atoms with Crippen molar-refractivity contribution in [1.82, 2.24) is 0 Å². The van der Waals surface area contributed by atoms with Crippen LogP contribution in [0.25, 0.3) is 10.8 Å². The maximum atomic E-state index is 13.2. The third-order valence-electron chi connectivity index (χ3n) is 2.10. The van der Waals surface area contributed by atoms with Crippen molar-refractivity contribution in [2.75, 3.05) is 0 Å². The van der Waals surface area contributed by atoms with Crippen LogP contribution in [0.4, 0.5) is 4.39 Å². The molecule has 0 radical (unpaired) electrons. The Hall–Kier alpha value is -1.90. The van der Waals surface area contributed by atoms with E-state index in [1.807, 2.05) is 13.8 Å². The quantitative estimate of drug-likeness (QED) is 0.795. The summed E-state index contributed by atoms with van der Waals surface area (Å²) in [6.07, 6.45) is 0. The van der Waals surface area contributed by atoms with Crippen molar-refractivity contribution in [3.63, 3.8) is 0 Å². The van der Waals surface area contributed by atoms with Crippen LogP contribution in [0.1, 0.15) is 24.2 Å². The van der Waals surface area contributed by atoms with Crippen LogP contribution in [-0.2, 0) is 0 Å². The molecule has 16 heavy (non-hydrogen) atoms. The highest BCUT2D eigenvalue weighted by atomic mass is 19.1. The van der Waals surface area contributed by atoms with Crippen LogP contribution in [0.5, 0.6) is 0 Å². The number of aromatic carboxylic acids is 1. The molecule has 0 heterocycles. The third-order valence-corrected chi connectivity index (χ3v) is 2.10. The van der Waals surface area contributed by atoms with Gasteiger partial charge in [-0.15, -0.1) is 0 Å². The summed E-state index contributed by atoms with van der Waals surface area (Å²) in [4.78, 5) is 10.8. The molecule has 84 valence electrons. The van der Waals surface area contributed by atoms with Gasteiger partial charge in [0.1, 0.15) is 5.82 Å². The maximum absolute atomic E-state index is 13.2. The smallest absolute Gasteiger partial charge is 0.336 e. The van der Waals surface area contributed by atoms with Crippen LogP contribution in [-0.4, -0.2) is 11.1 Å². The molecular formula is C13H13FO2. The third kappa shape index (κ3) is 2.19. The predicted octanol–water partition coefficient (Wildman–Crippen LogP) is 3.70. The SMILES string of the molecule is CC.O=C(O)c1cccc2c(F)cccc12. The Morgan fingerprint density at radius 2 is 1.62 bits per heavy atom. The van der Waals surface area contributed by atoms with Crippen molar-refractivity contribution in [2.45, 2.75) is 13.8 Å². The Labute approximate surface area is 93.3 Å². The minimum absolute atomic E-state index is 0.127. The molecule has 1 N–H and O–H groups in total. The van der Waals surface area contributed by atoms with E-state index < -0.39 is 11.8 Å². The van der Waals surface area contributed by atoms with Crippen molar-refractivity contribution >= 4 is 16.7 Å². The van der Waals surface area contributed by atoms with E-state index in [0.717, 1.165) is 0 Å². The number of halogens is 1. The van der Waals surface area contributed by atoms with Gasteiger partial charge in [0.05, 0.1) is 5.56 Å². The highest BCUT2D eigenvalue weighted by molar-refractivity contribution is 6.03. The Balaban J connectivity index is 0.000000606. The number of fused-ring (bicyclic) bond motifs is 1. The standard InChI is InChI=1S/C11H7FO2.C2H6/c12-10-6-2-3-7-8(10)4-1-5-9(7)11(13)14;1-2/h1-6H,(H,13,14);1-2H3. The fourth-order valence-corrected chi connectivity index (χ4v) is 1.46. The molecule has 0 spiro atoms. The molecule has 0 saturated carbocycles. The molecule has 0 amide bonds. The van der Waals surface area contributed by atoms with Crippen molar-refractivity contribution in [1.29, 1.82) is 0 Å². The summed E-state index contributed by atoms with van der Waals surface area (Å²) >= 11 is 0. The molecular weight excluding hydrogens is 207 g/mol. The van der Waals surface area contributed by atoms with E-state index in [-0.39, 0.29) is 5.56 Å². The van der Waals surface area contributed by atoms with Gasteiger partial charge < -0.3 is 5.11 Å². The number of hydrogen-bond donors (Lipinski definition) is 1. The Morgan fingerprint density at radius 1 is 1.06 bits per heavy atom. The van der Waals surface area contributed by atoms with Gasteiger partial charge in [-0.2, -0.15) is 0 Å². The lowest BCUT2D eigenvalue weighted by atomic mass is 10.0. The highest BCUT2D eigenvalue weighted by Gasteiger charge is 2.09. The number of carbonyl (C=O) groups is 1. The van der Waals surface area contributed by atoms with E-state index in [9.17, 15) is 9.18 Å². The van der Waals surface area contributed by atoms with Gasteiger partial charge >= 0.3 is 5.97 Å². The van der Waals surface area contributed by atoms with Crippen LogP contribution in [0.15, 0.2) is 36.4 Å². The van der Waals surface area contributed by atoms with E-state index >= 15 is 0 Å². The number of carboxylic acids is 1. The predicted molar refractivity (Wildman–Crippen MR) is 62.2 cm³/mol. The van der Waals surface area contributed by atoms with Crippen LogP contribution >= 0.6 is 0 Å². The largest absolute Gasteiger partial charge is 0.478 e. The minimum Gasteiger partial charge on any atom is -0.478 e. The van der Waals surface area contributed by atoms with Gasteiger partial charge in [0.15, 0.2) is 0 Å². The summed E-state index contributed by atoms with van der Waals surface area (Å²) in [5, 5.41) is 9.62. The van der Waals surface area contributed by atoms with Crippen molar-refractivity contribution in [3.05, 3.63) is 47.8 Å². The lowest BCUT2D eigenvalue weighted by molar-refractivity contribution is 0.0699. The first kappa shape index (κ1) is 12.2.